The second-order valence-electron chi connectivity index (χ2n) is 4.85. The maximum atomic E-state index is 6.22. The summed E-state index contributed by atoms with van der Waals surface area (Å²) in [6, 6.07) is 7.76. The first-order valence-electron chi connectivity index (χ1n) is 6.67. The number of nitrogens with two attached hydrogens (primary N) is 1. The van der Waals surface area contributed by atoms with Crippen molar-refractivity contribution >= 4 is 11.6 Å². The highest BCUT2D eigenvalue weighted by molar-refractivity contribution is 6.32. The van der Waals surface area contributed by atoms with Crippen molar-refractivity contribution in [2.75, 3.05) is 0 Å². The number of hydrogen-bond donors (Lipinski definition) is 1. The van der Waals surface area contributed by atoms with Gasteiger partial charge in [0.25, 0.3) is 0 Å². The smallest absolute Gasteiger partial charge is 0.138 e. The standard InChI is InChI=1S/C15H19ClN2O2/c1-3-12(17)7-11-4-5-15(14(16)8-11)19-9-13-6-10(2)20-18-13/h4-6,8,12H,3,7,9,17H2,1-2H3. The Morgan fingerprint density at radius 3 is 2.80 bits per heavy atom. The molecule has 108 valence electrons. The summed E-state index contributed by atoms with van der Waals surface area (Å²) in [5.41, 5.74) is 7.80. The maximum Gasteiger partial charge on any atom is 0.138 e. The molecule has 20 heavy (non-hydrogen) atoms. The Kier molecular flexibility index (Phi) is 5.04. The molecule has 5 heteroatoms. The third kappa shape index (κ3) is 3.99. The van der Waals surface area contributed by atoms with Gasteiger partial charge in [0.1, 0.15) is 23.8 Å². The van der Waals surface area contributed by atoms with Crippen LogP contribution in [0.15, 0.2) is 28.8 Å². The maximum absolute atomic E-state index is 6.22. The number of rotatable bonds is 6. The Morgan fingerprint density at radius 1 is 1.40 bits per heavy atom. The molecule has 0 radical (unpaired) electrons. The molecule has 0 fully saturated rings. The van der Waals surface area contributed by atoms with Crippen molar-refractivity contribution in [3.63, 3.8) is 0 Å². The average Bonchev–Trinajstić information content (AvgIpc) is 2.83. The summed E-state index contributed by atoms with van der Waals surface area (Å²) in [5.74, 6) is 1.40. The number of hydrogen-bond acceptors (Lipinski definition) is 4. The zero-order valence-corrected chi connectivity index (χ0v) is 12.5. The van der Waals surface area contributed by atoms with Crippen LogP contribution >= 0.6 is 11.6 Å². The van der Waals surface area contributed by atoms with Gasteiger partial charge in [-0.2, -0.15) is 0 Å². The normalized spacial score (nSPS) is 12.4. The number of aryl methyl sites for hydroxylation is 1. The van der Waals surface area contributed by atoms with Gasteiger partial charge >= 0.3 is 0 Å². The predicted molar refractivity (Wildman–Crippen MR) is 79.0 cm³/mol. The van der Waals surface area contributed by atoms with Crippen molar-refractivity contribution in [1.29, 1.82) is 0 Å². The van der Waals surface area contributed by atoms with Crippen LogP contribution in [0.5, 0.6) is 5.75 Å². The Balaban J connectivity index is 1.98. The van der Waals surface area contributed by atoms with Crippen LogP contribution in [-0.4, -0.2) is 11.2 Å². The van der Waals surface area contributed by atoms with E-state index in [9.17, 15) is 0 Å². The highest BCUT2D eigenvalue weighted by Gasteiger charge is 2.08. The van der Waals surface area contributed by atoms with Gasteiger partial charge < -0.3 is 15.0 Å². The van der Waals surface area contributed by atoms with Crippen molar-refractivity contribution in [3.8, 4) is 5.75 Å². The van der Waals surface area contributed by atoms with E-state index in [4.69, 9.17) is 26.6 Å². The summed E-state index contributed by atoms with van der Waals surface area (Å²) in [4.78, 5) is 0. The number of nitrogens with zero attached hydrogens (tertiary/aromatic N) is 1. The Labute approximate surface area is 123 Å². The second kappa shape index (κ2) is 6.77. The summed E-state index contributed by atoms with van der Waals surface area (Å²) in [5, 5.41) is 4.46. The molecule has 1 aromatic carbocycles. The third-order valence-electron chi connectivity index (χ3n) is 3.07. The number of aromatic nitrogens is 1. The van der Waals surface area contributed by atoms with Crippen molar-refractivity contribution in [3.05, 3.63) is 46.3 Å². The van der Waals surface area contributed by atoms with Crippen LogP contribution in [0.1, 0.15) is 30.4 Å². The lowest BCUT2D eigenvalue weighted by Crippen LogP contribution is -2.21. The summed E-state index contributed by atoms with van der Waals surface area (Å²) in [6.45, 7) is 4.25. The van der Waals surface area contributed by atoms with Gasteiger partial charge in [0.05, 0.1) is 5.02 Å². The van der Waals surface area contributed by atoms with Crippen LogP contribution in [0.2, 0.25) is 5.02 Å². The highest BCUT2D eigenvalue weighted by atomic mass is 35.5. The van der Waals surface area contributed by atoms with E-state index in [2.05, 4.69) is 12.1 Å². The van der Waals surface area contributed by atoms with Gasteiger partial charge in [-0.15, -0.1) is 0 Å². The molecule has 0 saturated carbocycles. The molecular formula is C15H19ClN2O2. The van der Waals surface area contributed by atoms with Gasteiger partial charge in [-0.05, 0) is 37.5 Å². The van der Waals surface area contributed by atoms with Gasteiger partial charge in [0.15, 0.2) is 0 Å². The lowest BCUT2D eigenvalue weighted by atomic mass is 10.0. The SMILES string of the molecule is CCC(N)Cc1ccc(OCc2cc(C)on2)c(Cl)c1. The van der Waals surface area contributed by atoms with Crippen molar-refractivity contribution in [2.24, 2.45) is 5.73 Å². The van der Waals surface area contributed by atoms with Crippen LogP contribution in [0, 0.1) is 6.92 Å². The predicted octanol–water partition coefficient (Wildman–Crippen LogP) is 3.50. The lowest BCUT2D eigenvalue weighted by Gasteiger charge is -2.11. The van der Waals surface area contributed by atoms with E-state index in [0.29, 0.717) is 17.4 Å². The van der Waals surface area contributed by atoms with Gasteiger partial charge in [-0.3, -0.25) is 0 Å². The van der Waals surface area contributed by atoms with E-state index in [1.807, 2.05) is 31.2 Å². The molecule has 0 amide bonds. The Bertz CT molecular complexity index is 569. The largest absolute Gasteiger partial charge is 0.486 e. The number of benzene rings is 1. The second-order valence-corrected chi connectivity index (χ2v) is 5.26. The molecule has 1 aromatic heterocycles. The molecule has 1 unspecified atom stereocenters. The monoisotopic (exact) mass is 294 g/mol. The van der Waals surface area contributed by atoms with E-state index >= 15 is 0 Å². The van der Waals surface area contributed by atoms with Gasteiger partial charge in [-0.25, -0.2) is 0 Å². The van der Waals surface area contributed by atoms with Crippen LogP contribution in [-0.2, 0) is 13.0 Å². The van der Waals surface area contributed by atoms with Crippen LogP contribution in [0.4, 0.5) is 0 Å². The van der Waals surface area contributed by atoms with Crippen molar-refractivity contribution < 1.29 is 9.26 Å². The Morgan fingerprint density at radius 2 is 2.20 bits per heavy atom. The molecule has 1 heterocycles. The molecule has 0 bridgehead atoms. The number of ether oxygens (including phenoxy) is 1. The van der Waals surface area contributed by atoms with Crippen molar-refractivity contribution in [2.45, 2.75) is 39.3 Å². The summed E-state index contributed by atoms with van der Waals surface area (Å²) in [7, 11) is 0. The van der Waals surface area contributed by atoms with Crippen LogP contribution in [0.25, 0.3) is 0 Å². The van der Waals surface area contributed by atoms with E-state index < -0.39 is 0 Å². The molecular weight excluding hydrogens is 276 g/mol. The first-order valence-corrected chi connectivity index (χ1v) is 7.05. The fraction of sp³-hybridized carbons (Fsp3) is 0.400. The molecule has 0 aliphatic heterocycles. The van der Waals surface area contributed by atoms with Crippen LogP contribution in [0.3, 0.4) is 0 Å². The zero-order chi connectivity index (χ0) is 14.5. The van der Waals surface area contributed by atoms with Gasteiger partial charge in [0, 0.05) is 12.1 Å². The zero-order valence-electron chi connectivity index (χ0n) is 11.7. The molecule has 4 nitrogen and oxygen atoms in total. The quantitative estimate of drug-likeness (QED) is 0.886. The minimum atomic E-state index is 0.163. The van der Waals surface area contributed by atoms with Gasteiger partial charge in [-0.1, -0.05) is 29.7 Å². The fourth-order valence-electron chi connectivity index (χ4n) is 1.87. The fourth-order valence-corrected chi connectivity index (χ4v) is 2.13. The molecule has 0 saturated heterocycles. The topological polar surface area (TPSA) is 61.3 Å². The summed E-state index contributed by atoms with van der Waals surface area (Å²) >= 11 is 6.22. The molecule has 0 aliphatic rings. The lowest BCUT2D eigenvalue weighted by molar-refractivity contribution is 0.288. The minimum Gasteiger partial charge on any atom is -0.486 e. The molecule has 2 rings (SSSR count). The van der Waals surface area contributed by atoms with E-state index in [0.717, 1.165) is 29.9 Å². The summed E-state index contributed by atoms with van der Waals surface area (Å²) < 4.78 is 10.6. The minimum absolute atomic E-state index is 0.163. The first-order chi connectivity index (χ1) is 9.58. The van der Waals surface area contributed by atoms with Gasteiger partial charge in [0.2, 0.25) is 0 Å². The Hall–Kier alpha value is -1.52. The molecule has 0 aliphatic carbocycles. The molecule has 0 spiro atoms. The third-order valence-corrected chi connectivity index (χ3v) is 3.37. The highest BCUT2D eigenvalue weighted by Crippen LogP contribution is 2.26. The molecule has 2 aromatic rings. The van der Waals surface area contributed by atoms with E-state index in [-0.39, 0.29) is 6.04 Å². The average molecular weight is 295 g/mol. The first kappa shape index (κ1) is 14.9. The molecule has 1 atom stereocenters. The summed E-state index contributed by atoms with van der Waals surface area (Å²) in [6.07, 6.45) is 1.76. The van der Waals surface area contributed by atoms with Crippen LogP contribution < -0.4 is 10.5 Å². The van der Waals surface area contributed by atoms with E-state index in [1.54, 1.807) is 0 Å². The number of halogens is 1. The van der Waals surface area contributed by atoms with E-state index in [1.165, 1.54) is 0 Å². The molecule has 2 N–H and O–H groups in total. The van der Waals surface area contributed by atoms with Crippen molar-refractivity contribution in [1.82, 2.24) is 5.16 Å².